The molecule has 2 nitrogen and oxygen atoms in total. The molecule has 0 spiro atoms. The predicted molar refractivity (Wildman–Crippen MR) is 55.5 cm³/mol. The molecule has 3 N–H and O–H groups in total. The first-order chi connectivity index (χ1) is 4.34. The number of hydrogen-bond acceptors (Lipinski definition) is 2. The first-order valence-electron chi connectivity index (χ1n) is 3.45. The number of halogens is 1. The highest BCUT2D eigenvalue weighted by Gasteiger charge is 2.04. The molecule has 1 heterocycles. The van der Waals surface area contributed by atoms with Crippen molar-refractivity contribution in [2.75, 3.05) is 6.54 Å². The first kappa shape index (κ1) is 13.3. The Bertz CT molecular complexity index is 143. The predicted octanol–water partition coefficient (Wildman–Crippen LogP) is 2.52. The molecule has 1 aliphatic heterocycles. The summed E-state index contributed by atoms with van der Waals surface area (Å²) in [4.78, 5) is 2.29. The highest BCUT2D eigenvalue weighted by Crippen LogP contribution is 2.05. The van der Waals surface area contributed by atoms with Gasteiger partial charge in [0.05, 0.1) is 0 Å². The molecule has 0 saturated carbocycles. The zero-order chi connectivity index (χ0) is 6.69. The first-order valence-corrected chi connectivity index (χ1v) is 3.45. The van der Waals surface area contributed by atoms with Crippen molar-refractivity contribution in [2.24, 2.45) is 0 Å². The largest absolute Gasteiger partial charge is 0.372 e. The summed E-state index contributed by atoms with van der Waals surface area (Å²) in [5, 5.41) is 0. The standard InChI is InChI=1S/C8H13N.BrH.H3N/c1-3-9-7-5-4-6-8(9)2;;/h4-8H,3H2,1-2H3;1H;1H3. The Morgan fingerprint density at radius 1 is 1.36 bits per heavy atom. The van der Waals surface area contributed by atoms with E-state index in [9.17, 15) is 0 Å². The Hall–Kier alpha value is -0.280. The van der Waals surface area contributed by atoms with Crippen LogP contribution in [-0.4, -0.2) is 17.5 Å². The van der Waals surface area contributed by atoms with Crippen molar-refractivity contribution >= 4 is 17.0 Å². The fourth-order valence-corrected chi connectivity index (χ4v) is 1.02. The van der Waals surface area contributed by atoms with Crippen LogP contribution >= 0.6 is 17.0 Å². The smallest absolute Gasteiger partial charge is 0.0442 e. The fraction of sp³-hybridized carbons (Fsp3) is 0.500. The molecule has 0 amide bonds. The SMILES string of the molecule is Br.CCN1C=CC=CC1C.N. The van der Waals surface area contributed by atoms with E-state index in [-0.39, 0.29) is 23.1 Å². The molecule has 1 aliphatic rings. The summed E-state index contributed by atoms with van der Waals surface area (Å²) in [7, 11) is 0. The highest BCUT2D eigenvalue weighted by atomic mass is 79.9. The maximum absolute atomic E-state index is 2.29. The molecule has 0 aromatic carbocycles. The maximum Gasteiger partial charge on any atom is 0.0442 e. The molecule has 11 heavy (non-hydrogen) atoms. The monoisotopic (exact) mass is 220 g/mol. The van der Waals surface area contributed by atoms with Gasteiger partial charge >= 0.3 is 0 Å². The van der Waals surface area contributed by atoms with Gasteiger partial charge in [-0.05, 0) is 26.1 Å². The van der Waals surface area contributed by atoms with E-state index in [0.717, 1.165) is 6.54 Å². The molecule has 0 saturated heterocycles. The van der Waals surface area contributed by atoms with Crippen molar-refractivity contribution in [3.05, 3.63) is 24.4 Å². The lowest BCUT2D eigenvalue weighted by atomic mass is 10.2. The lowest BCUT2D eigenvalue weighted by molar-refractivity contribution is 0.350. The van der Waals surface area contributed by atoms with Gasteiger partial charge in [0.25, 0.3) is 0 Å². The van der Waals surface area contributed by atoms with Gasteiger partial charge < -0.3 is 11.1 Å². The van der Waals surface area contributed by atoms with Crippen LogP contribution in [0.3, 0.4) is 0 Å². The number of likely N-dealkylation sites (N-methyl/N-ethyl adjacent to an activating group) is 1. The van der Waals surface area contributed by atoms with E-state index in [2.05, 4.69) is 43.2 Å². The van der Waals surface area contributed by atoms with Gasteiger partial charge in [-0.1, -0.05) is 12.2 Å². The van der Waals surface area contributed by atoms with Crippen LogP contribution < -0.4 is 6.15 Å². The Labute approximate surface area is 79.3 Å². The van der Waals surface area contributed by atoms with E-state index in [1.807, 2.05) is 0 Å². The van der Waals surface area contributed by atoms with Crippen LogP contribution in [0.4, 0.5) is 0 Å². The van der Waals surface area contributed by atoms with Gasteiger partial charge in [0.1, 0.15) is 0 Å². The van der Waals surface area contributed by atoms with Crippen LogP contribution in [-0.2, 0) is 0 Å². The molecule has 0 radical (unpaired) electrons. The minimum Gasteiger partial charge on any atom is -0.372 e. The van der Waals surface area contributed by atoms with Crippen LogP contribution in [0.5, 0.6) is 0 Å². The van der Waals surface area contributed by atoms with Gasteiger partial charge in [-0.15, -0.1) is 17.0 Å². The van der Waals surface area contributed by atoms with Gasteiger partial charge in [-0.3, -0.25) is 0 Å². The third kappa shape index (κ3) is 3.58. The third-order valence-electron chi connectivity index (χ3n) is 1.67. The molecule has 0 fully saturated rings. The number of rotatable bonds is 1. The van der Waals surface area contributed by atoms with E-state index in [0.29, 0.717) is 6.04 Å². The van der Waals surface area contributed by atoms with Crippen LogP contribution in [0.15, 0.2) is 24.4 Å². The Balaban J connectivity index is 0. The second-order valence-electron chi connectivity index (χ2n) is 2.30. The van der Waals surface area contributed by atoms with Gasteiger partial charge in [0, 0.05) is 12.6 Å². The number of hydrogen-bond donors (Lipinski definition) is 1. The highest BCUT2D eigenvalue weighted by molar-refractivity contribution is 8.93. The van der Waals surface area contributed by atoms with Crippen LogP contribution in [0.2, 0.25) is 0 Å². The van der Waals surface area contributed by atoms with E-state index in [4.69, 9.17) is 0 Å². The molecule has 1 rings (SSSR count). The van der Waals surface area contributed by atoms with Gasteiger partial charge in [-0.2, -0.15) is 0 Å². The van der Waals surface area contributed by atoms with E-state index >= 15 is 0 Å². The van der Waals surface area contributed by atoms with E-state index in [1.54, 1.807) is 0 Å². The topological polar surface area (TPSA) is 38.2 Å². The van der Waals surface area contributed by atoms with Crippen molar-refractivity contribution in [1.29, 1.82) is 0 Å². The Morgan fingerprint density at radius 2 is 2.00 bits per heavy atom. The molecular formula is C8H17BrN2. The minimum absolute atomic E-state index is 0. The summed E-state index contributed by atoms with van der Waals surface area (Å²) < 4.78 is 0. The third-order valence-corrected chi connectivity index (χ3v) is 1.67. The van der Waals surface area contributed by atoms with Crippen LogP contribution in [0, 0.1) is 0 Å². The van der Waals surface area contributed by atoms with E-state index in [1.165, 1.54) is 0 Å². The lowest BCUT2D eigenvalue weighted by Gasteiger charge is -2.25. The Morgan fingerprint density at radius 3 is 2.36 bits per heavy atom. The second kappa shape index (κ2) is 6.43. The molecule has 3 heteroatoms. The molecule has 0 bridgehead atoms. The van der Waals surface area contributed by atoms with Crippen molar-refractivity contribution in [2.45, 2.75) is 19.9 Å². The molecule has 0 aliphatic carbocycles. The summed E-state index contributed by atoms with van der Waals surface area (Å²) in [5.74, 6) is 0. The van der Waals surface area contributed by atoms with Gasteiger partial charge in [-0.25, -0.2) is 0 Å². The minimum atomic E-state index is 0. The summed E-state index contributed by atoms with van der Waals surface area (Å²) in [6.45, 7) is 5.46. The quantitative estimate of drug-likeness (QED) is 0.738. The normalized spacial score (nSPS) is 20.5. The number of nitrogens with zero attached hydrogens (tertiary/aromatic N) is 1. The zero-order valence-corrected chi connectivity index (χ0v) is 8.87. The summed E-state index contributed by atoms with van der Waals surface area (Å²) >= 11 is 0. The maximum atomic E-state index is 2.29. The lowest BCUT2D eigenvalue weighted by Crippen LogP contribution is -2.27. The molecular weight excluding hydrogens is 204 g/mol. The van der Waals surface area contributed by atoms with Crippen molar-refractivity contribution in [3.63, 3.8) is 0 Å². The second-order valence-corrected chi connectivity index (χ2v) is 2.30. The van der Waals surface area contributed by atoms with Crippen molar-refractivity contribution in [1.82, 2.24) is 11.1 Å². The molecule has 1 unspecified atom stereocenters. The van der Waals surface area contributed by atoms with Crippen LogP contribution in [0.1, 0.15) is 13.8 Å². The molecule has 1 atom stereocenters. The average molecular weight is 221 g/mol. The van der Waals surface area contributed by atoms with Crippen molar-refractivity contribution < 1.29 is 0 Å². The number of allylic oxidation sites excluding steroid dienone is 2. The Kier molecular flexibility index (Phi) is 7.79. The molecule has 0 aromatic rings. The summed E-state index contributed by atoms with van der Waals surface area (Å²) in [5.41, 5.74) is 0. The molecule has 0 aromatic heterocycles. The van der Waals surface area contributed by atoms with Crippen molar-refractivity contribution in [3.8, 4) is 0 Å². The zero-order valence-electron chi connectivity index (χ0n) is 7.16. The van der Waals surface area contributed by atoms with Gasteiger partial charge in [0.15, 0.2) is 0 Å². The summed E-state index contributed by atoms with van der Waals surface area (Å²) in [6, 6.07) is 0.583. The van der Waals surface area contributed by atoms with Gasteiger partial charge in [0.2, 0.25) is 0 Å². The fourth-order valence-electron chi connectivity index (χ4n) is 1.02. The van der Waals surface area contributed by atoms with Crippen LogP contribution in [0.25, 0.3) is 0 Å². The molecule has 66 valence electrons. The van der Waals surface area contributed by atoms with E-state index < -0.39 is 0 Å². The summed E-state index contributed by atoms with van der Waals surface area (Å²) in [6.07, 6.45) is 8.49. The average Bonchev–Trinajstić information content (AvgIpc) is 1.89.